The molecular formula is C16H13ClO. The molecule has 3 aromatic rings. The SMILES string of the molecule is Cc1ccc(C(Cl)c2ccoc2)c2ccccc12. The zero-order chi connectivity index (χ0) is 12.5. The number of aryl methyl sites for hydroxylation is 1. The van der Waals surface area contributed by atoms with Crippen LogP contribution in [0.4, 0.5) is 0 Å². The summed E-state index contributed by atoms with van der Waals surface area (Å²) in [5, 5.41) is 2.29. The molecule has 0 aliphatic carbocycles. The third-order valence-corrected chi connectivity index (χ3v) is 3.77. The molecule has 2 heteroatoms. The van der Waals surface area contributed by atoms with Gasteiger partial charge in [-0.1, -0.05) is 36.4 Å². The Balaban J connectivity index is 2.21. The number of fused-ring (bicyclic) bond motifs is 1. The monoisotopic (exact) mass is 256 g/mol. The average Bonchev–Trinajstić information content (AvgIpc) is 2.93. The van der Waals surface area contributed by atoms with E-state index in [0.29, 0.717) is 0 Å². The van der Waals surface area contributed by atoms with Gasteiger partial charge in [-0.15, -0.1) is 11.6 Å². The van der Waals surface area contributed by atoms with E-state index in [1.807, 2.05) is 12.1 Å². The van der Waals surface area contributed by atoms with Crippen LogP contribution in [0.25, 0.3) is 10.8 Å². The normalized spacial score (nSPS) is 12.8. The van der Waals surface area contributed by atoms with E-state index in [1.54, 1.807) is 12.5 Å². The number of halogens is 1. The van der Waals surface area contributed by atoms with Gasteiger partial charge in [-0.2, -0.15) is 0 Å². The third kappa shape index (κ3) is 1.81. The highest BCUT2D eigenvalue weighted by atomic mass is 35.5. The summed E-state index contributed by atoms with van der Waals surface area (Å²) in [6.45, 7) is 2.12. The maximum atomic E-state index is 6.54. The molecule has 0 saturated heterocycles. The Bertz CT molecular complexity index is 671. The topological polar surface area (TPSA) is 13.1 Å². The van der Waals surface area contributed by atoms with Crippen LogP contribution in [0.1, 0.15) is 22.1 Å². The lowest BCUT2D eigenvalue weighted by molar-refractivity contribution is 0.564. The van der Waals surface area contributed by atoms with Gasteiger partial charge < -0.3 is 4.42 Å². The van der Waals surface area contributed by atoms with Crippen molar-refractivity contribution in [3.63, 3.8) is 0 Å². The van der Waals surface area contributed by atoms with E-state index in [2.05, 4.69) is 37.3 Å². The molecule has 1 nitrogen and oxygen atoms in total. The van der Waals surface area contributed by atoms with Gasteiger partial charge in [0.25, 0.3) is 0 Å². The van der Waals surface area contributed by atoms with Crippen LogP contribution < -0.4 is 0 Å². The minimum Gasteiger partial charge on any atom is -0.472 e. The first kappa shape index (κ1) is 11.4. The van der Waals surface area contributed by atoms with Crippen LogP contribution in [0.2, 0.25) is 0 Å². The molecule has 1 heterocycles. The van der Waals surface area contributed by atoms with Crippen molar-refractivity contribution in [2.24, 2.45) is 0 Å². The lowest BCUT2D eigenvalue weighted by Crippen LogP contribution is -1.94. The predicted molar refractivity (Wildman–Crippen MR) is 75.1 cm³/mol. The summed E-state index contributed by atoms with van der Waals surface area (Å²) in [7, 11) is 0. The first-order chi connectivity index (χ1) is 8.77. The van der Waals surface area contributed by atoms with Crippen molar-refractivity contribution in [1.29, 1.82) is 0 Å². The van der Waals surface area contributed by atoms with Crippen LogP contribution in [0.3, 0.4) is 0 Å². The van der Waals surface area contributed by atoms with Gasteiger partial charge in [0.15, 0.2) is 0 Å². The molecule has 1 atom stereocenters. The van der Waals surface area contributed by atoms with Gasteiger partial charge in [0.1, 0.15) is 0 Å². The van der Waals surface area contributed by atoms with Crippen LogP contribution in [-0.2, 0) is 0 Å². The number of hydrogen-bond acceptors (Lipinski definition) is 1. The van der Waals surface area contributed by atoms with Crippen molar-refractivity contribution < 1.29 is 4.42 Å². The number of benzene rings is 2. The molecule has 2 aromatic carbocycles. The summed E-state index contributed by atoms with van der Waals surface area (Å²) < 4.78 is 5.11. The maximum Gasteiger partial charge on any atom is 0.0952 e. The largest absolute Gasteiger partial charge is 0.472 e. The van der Waals surface area contributed by atoms with E-state index < -0.39 is 0 Å². The standard InChI is InChI=1S/C16H13ClO/c1-11-6-7-15(14-5-3-2-4-13(11)14)16(17)12-8-9-18-10-12/h2-10,16H,1H3. The summed E-state index contributed by atoms with van der Waals surface area (Å²) in [5.74, 6) is 0. The van der Waals surface area contributed by atoms with Crippen LogP contribution in [-0.4, -0.2) is 0 Å². The number of hydrogen-bond donors (Lipinski definition) is 0. The van der Waals surface area contributed by atoms with E-state index in [-0.39, 0.29) is 5.38 Å². The van der Waals surface area contributed by atoms with Crippen molar-refractivity contribution in [1.82, 2.24) is 0 Å². The van der Waals surface area contributed by atoms with Crippen molar-refractivity contribution >= 4 is 22.4 Å². The molecular weight excluding hydrogens is 244 g/mol. The third-order valence-electron chi connectivity index (χ3n) is 3.28. The summed E-state index contributed by atoms with van der Waals surface area (Å²) in [4.78, 5) is 0. The second-order valence-corrected chi connectivity index (χ2v) is 4.87. The van der Waals surface area contributed by atoms with Gasteiger partial charge in [0.05, 0.1) is 17.9 Å². The Morgan fingerprint density at radius 2 is 1.78 bits per heavy atom. The summed E-state index contributed by atoms with van der Waals surface area (Å²) in [6, 6.07) is 14.5. The first-order valence-electron chi connectivity index (χ1n) is 5.92. The predicted octanol–water partition coefficient (Wildman–Crippen LogP) is 5.07. The van der Waals surface area contributed by atoms with Crippen molar-refractivity contribution in [2.75, 3.05) is 0 Å². The molecule has 0 aliphatic rings. The Morgan fingerprint density at radius 1 is 1.00 bits per heavy atom. The summed E-state index contributed by atoms with van der Waals surface area (Å²) in [5.41, 5.74) is 3.38. The molecule has 0 saturated carbocycles. The number of furan rings is 1. The maximum absolute atomic E-state index is 6.54. The zero-order valence-electron chi connectivity index (χ0n) is 10.1. The van der Waals surface area contributed by atoms with Crippen LogP contribution in [0.5, 0.6) is 0 Å². The average molecular weight is 257 g/mol. The van der Waals surface area contributed by atoms with Gasteiger partial charge in [0.2, 0.25) is 0 Å². The van der Waals surface area contributed by atoms with E-state index in [4.69, 9.17) is 16.0 Å². The van der Waals surface area contributed by atoms with E-state index >= 15 is 0 Å². The summed E-state index contributed by atoms with van der Waals surface area (Å²) >= 11 is 6.54. The van der Waals surface area contributed by atoms with E-state index in [9.17, 15) is 0 Å². The second kappa shape index (κ2) is 4.51. The van der Waals surface area contributed by atoms with Crippen molar-refractivity contribution in [3.05, 3.63) is 71.7 Å². The minimum atomic E-state index is -0.172. The Kier molecular flexibility index (Phi) is 2.85. The molecule has 0 fully saturated rings. The molecule has 0 amide bonds. The van der Waals surface area contributed by atoms with Crippen LogP contribution in [0, 0.1) is 6.92 Å². The highest BCUT2D eigenvalue weighted by Crippen LogP contribution is 2.34. The smallest absolute Gasteiger partial charge is 0.0952 e. The Hall–Kier alpha value is -1.73. The lowest BCUT2D eigenvalue weighted by Gasteiger charge is -2.13. The van der Waals surface area contributed by atoms with Gasteiger partial charge in [-0.25, -0.2) is 0 Å². The highest BCUT2D eigenvalue weighted by Gasteiger charge is 2.15. The van der Waals surface area contributed by atoms with Gasteiger partial charge in [-0.3, -0.25) is 0 Å². The van der Waals surface area contributed by atoms with Crippen LogP contribution in [0.15, 0.2) is 59.4 Å². The summed E-state index contributed by atoms with van der Waals surface area (Å²) in [6.07, 6.45) is 3.35. The first-order valence-corrected chi connectivity index (χ1v) is 6.35. The van der Waals surface area contributed by atoms with Crippen molar-refractivity contribution in [2.45, 2.75) is 12.3 Å². The molecule has 0 N–H and O–H groups in total. The zero-order valence-corrected chi connectivity index (χ0v) is 10.8. The molecule has 0 aliphatic heterocycles. The fourth-order valence-corrected chi connectivity index (χ4v) is 2.61. The number of alkyl halides is 1. The Morgan fingerprint density at radius 3 is 2.50 bits per heavy atom. The molecule has 0 bridgehead atoms. The molecule has 3 rings (SSSR count). The van der Waals surface area contributed by atoms with Gasteiger partial charge in [-0.05, 0) is 34.9 Å². The molecule has 18 heavy (non-hydrogen) atoms. The number of rotatable bonds is 2. The van der Waals surface area contributed by atoms with Gasteiger partial charge >= 0.3 is 0 Å². The molecule has 1 aromatic heterocycles. The van der Waals surface area contributed by atoms with Crippen molar-refractivity contribution in [3.8, 4) is 0 Å². The van der Waals surface area contributed by atoms with Crippen LogP contribution >= 0.6 is 11.6 Å². The van der Waals surface area contributed by atoms with E-state index in [0.717, 1.165) is 11.1 Å². The quantitative estimate of drug-likeness (QED) is 0.584. The fraction of sp³-hybridized carbons (Fsp3) is 0.125. The molecule has 90 valence electrons. The minimum absolute atomic E-state index is 0.172. The second-order valence-electron chi connectivity index (χ2n) is 4.44. The Labute approximate surface area is 111 Å². The fourth-order valence-electron chi connectivity index (χ4n) is 2.29. The molecule has 0 radical (unpaired) electrons. The highest BCUT2D eigenvalue weighted by molar-refractivity contribution is 6.23. The van der Waals surface area contributed by atoms with Gasteiger partial charge in [0, 0.05) is 5.56 Å². The molecule has 0 spiro atoms. The van der Waals surface area contributed by atoms with E-state index in [1.165, 1.54) is 16.3 Å². The lowest BCUT2D eigenvalue weighted by atomic mass is 9.96. The molecule has 1 unspecified atom stereocenters.